The number of carboxylic acids is 1. The molecule has 0 radical (unpaired) electrons. The number of nitrogens with one attached hydrogen (secondary N) is 1. The summed E-state index contributed by atoms with van der Waals surface area (Å²) in [4.78, 5) is 10.6. The normalized spacial score (nSPS) is 9.93. The van der Waals surface area contributed by atoms with E-state index >= 15 is 0 Å². The Labute approximate surface area is 89.1 Å². The van der Waals surface area contributed by atoms with Gasteiger partial charge in [0, 0.05) is 11.0 Å². The minimum Gasteiger partial charge on any atom is -0.478 e. The smallest absolute Gasteiger partial charge is 0.336 e. The molecule has 0 heterocycles. The van der Waals surface area contributed by atoms with E-state index in [2.05, 4.69) is 21.2 Å². The van der Waals surface area contributed by atoms with Crippen LogP contribution in [0, 0.1) is 5.82 Å². The quantitative estimate of drug-likeness (QED) is 0.880. The van der Waals surface area contributed by atoms with Gasteiger partial charge in [0.2, 0.25) is 0 Å². The third kappa shape index (κ3) is 2.23. The fourth-order valence-electron chi connectivity index (χ4n) is 1.04. The van der Waals surface area contributed by atoms with Crippen molar-refractivity contribution >= 4 is 27.6 Å². The predicted octanol–water partition coefficient (Wildman–Crippen LogP) is 2.72. The van der Waals surface area contributed by atoms with Crippen molar-refractivity contribution in [2.24, 2.45) is 0 Å². The highest BCUT2D eigenvalue weighted by molar-refractivity contribution is 9.10. The fraction of sp³-hybridized carbons (Fsp3) is 0.222. The van der Waals surface area contributed by atoms with Crippen LogP contribution in [0.4, 0.5) is 10.1 Å². The summed E-state index contributed by atoms with van der Waals surface area (Å²) in [6.07, 6.45) is 0. The third-order valence-electron chi connectivity index (χ3n) is 1.65. The molecule has 0 saturated carbocycles. The third-order valence-corrected chi connectivity index (χ3v) is 2.31. The van der Waals surface area contributed by atoms with Gasteiger partial charge in [0.15, 0.2) is 0 Å². The van der Waals surface area contributed by atoms with Gasteiger partial charge in [-0.25, -0.2) is 9.18 Å². The maximum atomic E-state index is 13.2. The van der Waals surface area contributed by atoms with Crippen molar-refractivity contribution in [3.05, 3.63) is 28.0 Å². The first-order valence-electron chi connectivity index (χ1n) is 4.02. The second-order valence-electron chi connectivity index (χ2n) is 2.65. The van der Waals surface area contributed by atoms with Gasteiger partial charge in [-0.15, -0.1) is 0 Å². The molecule has 0 aromatic heterocycles. The predicted molar refractivity (Wildman–Crippen MR) is 55.2 cm³/mol. The minimum atomic E-state index is -1.15. The largest absolute Gasteiger partial charge is 0.478 e. The van der Waals surface area contributed by atoms with E-state index in [4.69, 9.17) is 5.11 Å². The van der Waals surface area contributed by atoms with E-state index < -0.39 is 11.8 Å². The number of rotatable bonds is 3. The van der Waals surface area contributed by atoms with Crippen LogP contribution in [0.15, 0.2) is 16.6 Å². The number of carboxylic acid groups (broad SMARTS) is 1. The average molecular weight is 262 g/mol. The zero-order valence-electron chi connectivity index (χ0n) is 7.47. The monoisotopic (exact) mass is 261 g/mol. The van der Waals surface area contributed by atoms with E-state index in [0.717, 1.165) is 6.07 Å². The molecule has 0 aliphatic heterocycles. The summed E-state index contributed by atoms with van der Waals surface area (Å²) in [5.74, 6) is -1.72. The number of aromatic carboxylic acids is 1. The number of benzene rings is 1. The standard InChI is InChI=1S/C9H9BrFNO2/c1-2-12-8-4-6(10)5(9(13)14)3-7(8)11/h3-4,12H,2H2,1H3,(H,13,14). The lowest BCUT2D eigenvalue weighted by molar-refractivity contribution is 0.0695. The summed E-state index contributed by atoms with van der Waals surface area (Å²) in [5, 5.41) is 11.5. The van der Waals surface area contributed by atoms with E-state index in [9.17, 15) is 9.18 Å². The van der Waals surface area contributed by atoms with Crippen LogP contribution in [-0.2, 0) is 0 Å². The van der Waals surface area contributed by atoms with Gasteiger partial charge in [0.1, 0.15) is 5.82 Å². The number of carbonyl (C=O) groups is 1. The van der Waals surface area contributed by atoms with E-state index in [0.29, 0.717) is 16.7 Å². The van der Waals surface area contributed by atoms with E-state index in [1.807, 2.05) is 6.92 Å². The second-order valence-corrected chi connectivity index (χ2v) is 3.50. The van der Waals surface area contributed by atoms with Crippen LogP contribution in [0.25, 0.3) is 0 Å². The number of anilines is 1. The molecular weight excluding hydrogens is 253 g/mol. The van der Waals surface area contributed by atoms with Crippen molar-refractivity contribution in [3.63, 3.8) is 0 Å². The van der Waals surface area contributed by atoms with Crippen molar-refractivity contribution in [1.82, 2.24) is 0 Å². The Morgan fingerprint density at radius 3 is 2.79 bits per heavy atom. The Balaban J connectivity index is 3.17. The summed E-state index contributed by atoms with van der Waals surface area (Å²) in [7, 11) is 0. The van der Waals surface area contributed by atoms with Gasteiger partial charge in [-0.2, -0.15) is 0 Å². The SMILES string of the molecule is CCNc1cc(Br)c(C(=O)O)cc1F. The molecule has 3 nitrogen and oxygen atoms in total. The summed E-state index contributed by atoms with van der Waals surface area (Å²) in [6, 6.07) is 2.41. The Hall–Kier alpha value is -1.10. The number of hydrogen-bond acceptors (Lipinski definition) is 2. The van der Waals surface area contributed by atoms with Crippen LogP contribution < -0.4 is 5.32 Å². The van der Waals surface area contributed by atoms with Crippen LogP contribution in [0.5, 0.6) is 0 Å². The lowest BCUT2D eigenvalue weighted by atomic mass is 10.2. The van der Waals surface area contributed by atoms with Crippen molar-refractivity contribution in [1.29, 1.82) is 0 Å². The minimum absolute atomic E-state index is 0.0795. The first kappa shape index (κ1) is 11.0. The highest BCUT2D eigenvalue weighted by Gasteiger charge is 2.12. The molecule has 1 aromatic carbocycles. The molecule has 76 valence electrons. The molecule has 0 aliphatic carbocycles. The summed E-state index contributed by atoms with van der Waals surface area (Å²) in [5.41, 5.74) is 0.216. The fourth-order valence-corrected chi connectivity index (χ4v) is 1.55. The Morgan fingerprint density at radius 2 is 2.29 bits per heavy atom. The molecule has 0 aliphatic rings. The van der Waals surface area contributed by atoms with Crippen molar-refractivity contribution in [2.75, 3.05) is 11.9 Å². The zero-order valence-corrected chi connectivity index (χ0v) is 9.06. The van der Waals surface area contributed by atoms with Gasteiger partial charge in [0.25, 0.3) is 0 Å². The van der Waals surface area contributed by atoms with Crippen molar-refractivity contribution in [3.8, 4) is 0 Å². The Morgan fingerprint density at radius 1 is 1.64 bits per heavy atom. The van der Waals surface area contributed by atoms with Crippen molar-refractivity contribution < 1.29 is 14.3 Å². The second kappa shape index (κ2) is 4.41. The highest BCUT2D eigenvalue weighted by Crippen LogP contribution is 2.24. The van der Waals surface area contributed by atoms with Crippen LogP contribution >= 0.6 is 15.9 Å². The molecule has 0 atom stereocenters. The van der Waals surface area contributed by atoms with Crippen LogP contribution in [0.2, 0.25) is 0 Å². The lowest BCUT2D eigenvalue weighted by Gasteiger charge is -2.07. The van der Waals surface area contributed by atoms with Crippen LogP contribution in [0.3, 0.4) is 0 Å². The zero-order chi connectivity index (χ0) is 10.7. The Kier molecular flexibility index (Phi) is 3.46. The topological polar surface area (TPSA) is 49.3 Å². The van der Waals surface area contributed by atoms with Gasteiger partial charge in [-0.1, -0.05) is 0 Å². The van der Waals surface area contributed by atoms with Gasteiger partial charge < -0.3 is 10.4 Å². The average Bonchev–Trinajstić information content (AvgIpc) is 2.10. The summed E-state index contributed by atoms with van der Waals surface area (Å²) in [6.45, 7) is 2.41. The molecule has 1 rings (SSSR count). The molecule has 0 spiro atoms. The molecule has 14 heavy (non-hydrogen) atoms. The molecule has 0 amide bonds. The summed E-state index contributed by atoms with van der Waals surface area (Å²) < 4.78 is 13.6. The molecule has 1 aromatic rings. The first-order valence-corrected chi connectivity index (χ1v) is 4.81. The summed E-state index contributed by atoms with van der Waals surface area (Å²) >= 11 is 3.06. The van der Waals surface area contributed by atoms with Gasteiger partial charge >= 0.3 is 5.97 Å². The molecular formula is C9H9BrFNO2. The molecule has 0 unspecified atom stereocenters. The first-order chi connectivity index (χ1) is 6.56. The number of halogens is 2. The molecule has 0 saturated heterocycles. The van der Waals surface area contributed by atoms with E-state index in [1.54, 1.807) is 0 Å². The van der Waals surface area contributed by atoms with Crippen LogP contribution in [-0.4, -0.2) is 17.6 Å². The molecule has 2 N–H and O–H groups in total. The highest BCUT2D eigenvalue weighted by atomic mass is 79.9. The van der Waals surface area contributed by atoms with E-state index in [1.165, 1.54) is 6.07 Å². The maximum absolute atomic E-state index is 13.2. The van der Waals surface area contributed by atoms with E-state index in [-0.39, 0.29) is 5.56 Å². The molecule has 5 heteroatoms. The molecule has 0 fully saturated rings. The van der Waals surface area contributed by atoms with Gasteiger partial charge in [-0.05, 0) is 35.0 Å². The van der Waals surface area contributed by atoms with Gasteiger partial charge in [0.05, 0.1) is 11.3 Å². The maximum Gasteiger partial charge on any atom is 0.336 e. The van der Waals surface area contributed by atoms with Crippen LogP contribution in [0.1, 0.15) is 17.3 Å². The Bertz CT molecular complexity index is 368. The molecule has 0 bridgehead atoms. The number of hydrogen-bond donors (Lipinski definition) is 2. The lowest BCUT2D eigenvalue weighted by Crippen LogP contribution is -2.03. The van der Waals surface area contributed by atoms with Crippen molar-refractivity contribution in [2.45, 2.75) is 6.92 Å². The van der Waals surface area contributed by atoms with Gasteiger partial charge in [-0.3, -0.25) is 0 Å².